The minimum atomic E-state index is -0.506. The third kappa shape index (κ3) is 3.96. The molecule has 0 saturated carbocycles. The Morgan fingerprint density at radius 2 is 2.00 bits per heavy atom. The minimum absolute atomic E-state index is 0.196. The van der Waals surface area contributed by atoms with E-state index in [1.807, 2.05) is 6.07 Å². The number of carbonyl (C=O) groups excluding carboxylic acids is 2. The molecule has 5 heteroatoms. The normalized spacial score (nSPS) is 10.8. The summed E-state index contributed by atoms with van der Waals surface area (Å²) in [6.07, 6.45) is 1.31. The molecule has 1 aromatic rings. The van der Waals surface area contributed by atoms with Crippen LogP contribution in [0.3, 0.4) is 0 Å². The first-order valence-electron chi connectivity index (χ1n) is 4.93. The van der Waals surface area contributed by atoms with Crippen molar-refractivity contribution in [3.63, 3.8) is 0 Å². The van der Waals surface area contributed by atoms with Crippen molar-refractivity contribution in [2.75, 3.05) is 12.9 Å². The van der Waals surface area contributed by atoms with Crippen LogP contribution in [-0.2, 0) is 9.53 Å². The number of rotatable bonds is 4. The van der Waals surface area contributed by atoms with Gasteiger partial charge in [-0.3, -0.25) is 4.79 Å². The van der Waals surface area contributed by atoms with Gasteiger partial charge in [0.1, 0.15) is 0 Å². The van der Waals surface area contributed by atoms with Crippen LogP contribution in [0, 0.1) is 0 Å². The lowest BCUT2D eigenvalue weighted by Gasteiger charge is -2.03. The number of ether oxygens (including phenoxy) is 1. The van der Waals surface area contributed by atoms with Crippen LogP contribution in [0.1, 0.15) is 10.4 Å². The van der Waals surface area contributed by atoms with Crippen LogP contribution < -0.4 is 5.32 Å². The lowest BCUT2D eigenvalue weighted by atomic mass is 10.2. The number of amides is 1. The van der Waals surface area contributed by atoms with Crippen LogP contribution in [0.5, 0.6) is 0 Å². The Balaban J connectivity index is 2.69. The molecule has 0 saturated heterocycles. The van der Waals surface area contributed by atoms with Gasteiger partial charge in [0, 0.05) is 17.5 Å². The highest BCUT2D eigenvalue weighted by atomic mass is 32.1. The quantitative estimate of drug-likeness (QED) is 0.483. The number of hydrogen-bond acceptors (Lipinski definition) is 4. The minimum Gasteiger partial charge on any atom is -0.466 e. The van der Waals surface area contributed by atoms with E-state index in [9.17, 15) is 9.59 Å². The molecule has 1 N–H and O–H groups in total. The first-order chi connectivity index (χ1) is 8.19. The van der Waals surface area contributed by atoms with Gasteiger partial charge in [0.05, 0.1) is 12.7 Å². The summed E-state index contributed by atoms with van der Waals surface area (Å²) in [5, 5.41) is 2.51. The fourth-order valence-corrected chi connectivity index (χ4v) is 1.35. The molecule has 1 aromatic carbocycles. The maximum absolute atomic E-state index is 11.6. The fraction of sp³-hybridized carbons (Fsp3) is 0.167. The van der Waals surface area contributed by atoms with Gasteiger partial charge in [0.2, 0.25) is 0 Å². The van der Waals surface area contributed by atoms with Crippen molar-refractivity contribution in [1.29, 1.82) is 0 Å². The summed E-state index contributed by atoms with van der Waals surface area (Å²) in [7, 11) is 1.28. The van der Waals surface area contributed by atoms with Gasteiger partial charge in [-0.2, -0.15) is 12.6 Å². The van der Waals surface area contributed by atoms with Crippen molar-refractivity contribution in [2.24, 2.45) is 0 Å². The molecule has 90 valence electrons. The molecule has 0 aliphatic rings. The van der Waals surface area contributed by atoms with Crippen molar-refractivity contribution in [1.82, 2.24) is 5.32 Å². The highest BCUT2D eigenvalue weighted by Crippen LogP contribution is 2.01. The predicted molar refractivity (Wildman–Crippen MR) is 67.9 cm³/mol. The molecule has 17 heavy (non-hydrogen) atoms. The number of nitrogens with one attached hydrogen (secondary N) is 1. The SMILES string of the molecule is COC(=O)C(=CNC(=O)c1ccccc1)CS. The first kappa shape index (κ1) is 13.3. The maximum Gasteiger partial charge on any atom is 0.336 e. The van der Waals surface area contributed by atoms with Gasteiger partial charge in [-0.1, -0.05) is 18.2 Å². The van der Waals surface area contributed by atoms with Crippen molar-refractivity contribution in [3.05, 3.63) is 47.7 Å². The average molecular weight is 251 g/mol. The van der Waals surface area contributed by atoms with Crippen LogP contribution in [0.15, 0.2) is 42.1 Å². The molecule has 0 aromatic heterocycles. The van der Waals surface area contributed by atoms with Gasteiger partial charge in [-0.05, 0) is 12.1 Å². The number of carbonyl (C=O) groups is 2. The van der Waals surface area contributed by atoms with Gasteiger partial charge in [-0.15, -0.1) is 0 Å². The Labute approximate surface area is 105 Å². The van der Waals surface area contributed by atoms with Crippen LogP contribution >= 0.6 is 12.6 Å². The third-order valence-corrected chi connectivity index (χ3v) is 2.37. The standard InChI is InChI=1S/C12H13NO3S/c1-16-12(15)10(8-17)7-13-11(14)9-5-3-2-4-6-9/h2-7,17H,8H2,1H3,(H,13,14). The highest BCUT2D eigenvalue weighted by Gasteiger charge is 2.08. The molecule has 0 bridgehead atoms. The second kappa shape index (κ2) is 6.75. The van der Waals surface area contributed by atoms with Crippen LogP contribution in [0.2, 0.25) is 0 Å². The van der Waals surface area contributed by atoms with Crippen molar-refractivity contribution >= 4 is 24.5 Å². The number of hydrogen-bond donors (Lipinski definition) is 2. The molecule has 0 radical (unpaired) electrons. The summed E-state index contributed by atoms with van der Waals surface area (Å²) >= 11 is 3.98. The highest BCUT2D eigenvalue weighted by molar-refractivity contribution is 7.80. The Morgan fingerprint density at radius 1 is 1.35 bits per heavy atom. The van der Waals surface area contributed by atoms with E-state index in [1.165, 1.54) is 13.3 Å². The number of benzene rings is 1. The van der Waals surface area contributed by atoms with Crippen LogP contribution in [0.25, 0.3) is 0 Å². The van der Waals surface area contributed by atoms with Crippen molar-refractivity contribution in [3.8, 4) is 0 Å². The van der Waals surface area contributed by atoms with Gasteiger partial charge in [0.25, 0.3) is 5.91 Å². The van der Waals surface area contributed by atoms with Crippen molar-refractivity contribution in [2.45, 2.75) is 0 Å². The Kier molecular flexibility index (Phi) is 5.29. The van der Waals surface area contributed by atoms with Gasteiger partial charge in [0.15, 0.2) is 0 Å². The zero-order valence-corrected chi connectivity index (χ0v) is 10.2. The lowest BCUT2D eigenvalue weighted by Crippen LogP contribution is -2.20. The summed E-state index contributed by atoms with van der Waals surface area (Å²) in [6, 6.07) is 8.71. The smallest absolute Gasteiger partial charge is 0.336 e. The van der Waals surface area contributed by atoms with E-state index in [2.05, 4.69) is 22.7 Å². The van der Waals surface area contributed by atoms with E-state index in [-0.39, 0.29) is 11.7 Å². The van der Waals surface area contributed by atoms with E-state index < -0.39 is 5.97 Å². The third-order valence-electron chi connectivity index (χ3n) is 2.03. The summed E-state index contributed by atoms with van der Waals surface area (Å²) < 4.78 is 4.53. The van der Waals surface area contributed by atoms with Crippen LogP contribution in [0.4, 0.5) is 0 Å². The molecule has 1 amide bonds. The summed E-state index contributed by atoms with van der Waals surface area (Å²) in [6.45, 7) is 0. The van der Waals surface area contributed by atoms with Crippen molar-refractivity contribution < 1.29 is 14.3 Å². The predicted octanol–water partition coefficient (Wildman–Crippen LogP) is 1.40. The van der Waals surface area contributed by atoms with Gasteiger partial charge < -0.3 is 10.1 Å². The largest absolute Gasteiger partial charge is 0.466 e. The van der Waals surface area contributed by atoms with E-state index in [0.717, 1.165) is 0 Å². The molecule has 0 aliphatic heterocycles. The summed E-state index contributed by atoms with van der Waals surface area (Å²) in [5.41, 5.74) is 0.812. The van der Waals surface area contributed by atoms with E-state index >= 15 is 0 Å². The monoisotopic (exact) mass is 251 g/mol. The fourth-order valence-electron chi connectivity index (χ4n) is 1.13. The molecule has 0 heterocycles. The molecular formula is C12H13NO3S. The molecule has 4 nitrogen and oxygen atoms in total. The zero-order valence-electron chi connectivity index (χ0n) is 9.34. The second-order valence-electron chi connectivity index (χ2n) is 3.16. The topological polar surface area (TPSA) is 55.4 Å². The number of esters is 1. The average Bonchev–Trinajstić information content (AvgIpc) is 2.39. The molecule has 1 rings (SSSR count). The molecule has 0 atom stereocenters. The molecule has 0 spiro atoms. The summed E-state index contributed by atoms with van der Waals surface area (Å²) in [5.74, 6) is -0.594. The van der Waals surface area contributed by atoms with Gasteiger partial charge in [-0.25, -0.2) is 4.79 Å². The van der Waals surface area contributed by atoms with Crippen LogP contribution in [-0.4, -0.2) is 24.7 Å². The number of methoxy groups -OCH3 is 1. The Hall–Kier alpha value is -1.75. The Morgan fingerprint density at radius 3 is 2.53 bits per heavy atom. The van der Waals surface area contributed by atoms with Gasteiger partial charge >= 0.3 is 5.97 Å². The number of thiol groups is 1. The molecule has 0 aliphatic carbocycles. The maximum atomic E-state index is 11.6. The first-order valence-corrected chi connectivity index (χ1v) is 5.56. The lowest BCUT2D eigenvalue weighted by molar-refractivity contribution is -0.136. The van der Waals surface area contributed by atoms with E-state index in [0.29, 0.717) is 11.1 Å². The Bertz CT molecular complexity index is 429. The zero-order chi connectivity index (χ0) is 12.7. The molecular weight excluding hydrogens is 238 g/mol. The second-order valence-corrected chi connectivity index (χ2v) is 3.47. The van der Waals surface area contributed by atoms with E-state index in [4.69, 9.17) is 0 Å². The van der Waals surface area contributed by atoms with E-state index in [1.54, 1.807) is 24.3 Å². The summed E-state index contributed by atoms with van der Waals surface area (Å²) in [4.78, 5) is 22.8. The molecule has 0 fully saturated rings. The molecule has 0 unspecified atom stereocenters.